The molecule has 0 radical (unpaired) electrons. The highest BCUT2D eigenvalue weighted by Crippen LogP contribution is 2.26. The summed E-state index contributed by atoms with van der Waals surface area (Å²) in [6, 6.07) is 4.94. The van der Waals surface area contributed by atoms with Gasteiger partial charge in [0.15, 0.2) is 5.78 Å². The molecule has 1 aromatic carbocycles. The van der Waals surface area contributed by atoms with Gasteiger partial charge in [0.25, 0.3) is 0 Å². The van der Waals surface area contributed by atoms with Crippen molar-refractivity contribution < 1.29 is 9.90 Å². The maximum atomic E-state index is 12.3. The molecule has 21 heavy (non-hydrogen) atoms. The maximum Gasteiger partial charge on any atom is 0.205 e. The van der Waals surface area contributed by atoms with Crippen LogP contribution < -0.4 is 0 Å². The van der Waals surface area contributed by atoms with Crippen LogP contribution in [0.3, 0.4) is 0 Å². The van der Waals surface area contributed by atoms with Gasteiger partial charge in [0.1, 0.15) is 5.60 Å². The highest BCUT2D eigenvalue weighted by Gasteiger charge is 2.32. The van der Waals surface area contributed by atoms with E-state index in [1.165, 1.54) is 0 Å². The number of carbonyl (C=O) groups is 1. The minimum Gasteiger partial charge on any atom is -0.381 e. The molecule has 112 valence electrons. The van der Waals surface area contributed by atoms with Crippen molar-refractivity contribution in [3.63, 3.8) is 0 Å². The summed E-state index contributed by atoms with van der Waals surface area (Å²) < 4.78 is 0. The van der Waals surface area contributed by atoms with Gasteiger partial charge in [-0.1, -0.05) is 29.8 Å². The molecule has 1 heterocycles. The monoisotopic (exact) mass is 306 g/mol. The molecule has 0 saturated carbocycles. The number of halogens is 1. The number of β-amino-alcohol motifs (C(OH)–C–C–N with tert-alkyl or cyclic N) is 1. The predicted octanol–water partition coefficient (Wildman–Crippen LogP) is 2.85. The first-order chi connectivity index (χ1) is 9.92. The molecule has 0 spiro atoms. The molecule has 0 aliphatic carbocycles. The Hall–Kier alpha value is -1.41. The fraction of sp³-hybridized carbons (Fsp3) is 0.500. The van der Waals surface area contributed by atoms with Crippen molar-refractivity contribution in [1.29, 1.82) is 0 Å². The fourth-order valence-electron chi connectivity index (χ4n) is 2.59. The minimum absolute atomic E-state index is 0.124. The first-order valence-electron chi connectivity index (χ1n) is 7.06. The van der Waals surface area contributed by atoms with Crippen molar-refractivity contribution in [1.82, 2.24) is 4.90 Å². The molecule has 0 aromatic heterocycles. The summed E-state index contributed by atoms with van der Waals surface area (Å²) >= 11 is 5.97. The summed E-state index contributed by atoms with van der Waals surface area (Å²) in [5.74, 6) is -0.221. The first kappa shape index (κ1) is 16.0. The summed E-state index contributed by atoms with van der Waals surface area (Å²) in [5, 5.41) is 10.7. The van der Waals surface area contributed by atoms with Gasteiger partial charge < -0.3 is 10.0 Å². The second-order valence-electron chi connectivity index (χ2n) is 5.75. The Bertz CT molecular complexity index is 572. The Balaban J connectivity index is 2.02. The van der Waals surface area contributed by atoms with Gasteiger partial charge in [0.2, 0.25) is 5.69 Å². The highest BCUT2D eigenvalue weighted by atomic mass is 35.5. The van der Waals surface area contributed by atoms with Crippen molar-refractivity contribution in [2.24, 2.45) is 0 Å². The Kier molecular flexibility index (Phi) is 5.00. The van der Waals surface area contributed by atoms with Crippen molar-refractivity contribution >= 4 is 23.1 Å². The number of ketones is 1. The molecule has 0 unspecified atom stereocenters. The normalized spacial score (nSPS) is 18.2. The van der Waals surface area contributed by atoms with Gasteiger partial charge >= 0.3 is 0 Å². The molecule has 2 rings (SSSR count). The van der Waals surface area contributed by atoms with Crippen molar-refractivity contribution in [3.05, 3.63) is 40.2 Å². The summed E-state index contributed by atoms with van der Waals surface area (Å²) in [5.41, 5.74) is -0.259. The lowest BCUT2D eigenvalue weighted by Gasteiger charge is -2.27. The van der Waals surface area contributed by atoms with Crippen LogP contribution in [0.1, 0.15) is 25.3 Å². The van der Waals surface area contributed by atoms with E-state index in [4.69, 9.17) is 18.2 Å². The third kappa shape index (κ3) is 4.04. The van der Waals surface area contributed by atoms with Gasteiger partial charge in [-0.2, -0.15) is 0 Å². The van der Waals surface area contributed by atoms with Gasteiger partial charge in [-0.15, -0.1) is 0 Å². The van der Waals surface area contributed by atoms with Crippen LogP contribution in [-0.4, -0.2) is 41.0 Å². The second-order valence-corrected chi connectivity index (χ2v) is 6.16. The van der Waals surface area contributed by atoms with Gasteiger partial charge in [0, 0.05) is 18.0 Å². The average Bonchev–Trinajstić information content (AvgIpc) is 2.91. The number of Topliss-reactive ketones (excluding diaryl/α,β-unsaturated/α-hetero) is 1. The molecular formula is C16H19ClN2O2. The van der Waals surface area contributed by atoms with E-state index >= 15 is 0 Å². The highest BCUT2D eigenvalue weighted by molar-refractivity contribution is 6.33. The summed E-state index contributed by atoms with van der Waals surface area (Å²) in [4.78, 5) is 17.7. The van der Waals surface area contributed by atoms with E-state index in [1.807, 2.05) is 0 Å². The van der Waals surface area contributed by atoms with E-state index in [1.54, 1.807) is 25.1 Å². The number of benzene rings is 1. The molecule has 1 atom stereocenters. The molecule has 1 aliphatic heterocycles. The van der Waals surface area contributed by atoms with E-state index in [0.29, 0.717) is 17.3 Å². The molecule has 1 fully saturated rings. The smallest absolute Gasteiger partial charge is 0.205 e. The number of likely N-dealkylation sites (tertiary alicyclic amines) is 1. The number of hydrogen-bond acceptors (Lipinski definition) is 3. The summed E-state index contributed by atoms with van der Waals surface area (Å²) in [7, 11) is 0. The van der Waals surface area contributed by atoms with E-state index in [0.717, 1.165) is 31.5 Å². The van der Waals surface area contributed by atoms with Crippen LogP contribution in [0, 0.1) is 6.57 Å². The topological polar surface area (TPSA) is 44.9 Å². The van der Waals surface area contributed by atoms with Crippen LogP contribution in [-0.2, 0) is 11.2 Å². The second kappa shape index (κ2) is 6.57. The van der Waals surface area contributed by atoms with E-state index in [9.17, 15) is 9.90 Å². The molecule has 1 N–H and O–H groups in total. The SMILES string of the molecule is [C-]#[N+]c1ccc(CC(=O)[C@@](C)(O)CN2CCCC2)cc1Cl. The van der Waals surface area contributed by atoms with Crippen LogP contribution >= 0.6 is 11.6 Å². The Morgan fingerprint density at radius 2 is 2.14 bits per heavy atom. The molecule has 1 aliphatic rings. The molecular weight excluding hydrogens is 288 g/mol. The molecule has 4 nitrogen and oxygen atoms in total. The van der Waals surface area contributed by atoms with Crippen LogP contribution in [0.15, 0.2) is 18.2 Å². The molecule has 0 bridgehead atoms. The lowest BCUT2D eigenvalue weighted by Crippen LogP contribution is -2.46. The first-order valence-corrected chi connectivity index (χ1v) is 7.44. The van der Waals surface area contributed by atoms with Crippen molar-refractivity contribution in [2.75, 3.05) is 19.6 Å². The summed E-state index contributed by atoms with van der Waals surface area (Å²) in [6.45, 7) is 10.8. The lowest BCUT2D eigenvalue weighted by atomic mass is 9.94. The quantitative estimate of drug-likeness (QED) is 0.851. The standard InChI is InChI=1S/C16H19ClN2O2/c1-16(21,11-19-7-3-4-8-19)15(20)10-12-5-6-14(18-2)13(17)9-12/h5-6,9,21H,3-4,7-8,10-11H2,1H3/t16-/m0/s1. The zero-order valence-electron chi connectivity index (χ0n) is 12.1. The third-order valence-corrected chi connectivity index (χ3v) is 4.13. The molecule has 1 saturated heterocycles. The molecule has 1 aromatic rings. The Labute approximate surface area is 130 Å². The molecule has 5 heteroatoms. The van der Waals surface area contributed by atoms with Gasteiger partial charge in [0.05, 0.1) is 6.57 Å². The van der Waals surface area contributed by atoms with Gasteiger partial charge in [-0.3, -0.25) is 4.79 Å². The van der Waals surface area contributed by atoms with Crippen molar-refractivity contribution in [2.45, 2.75) is 31.8 Å². The van der Waals surface area contributed by atoms with Crippen LogP contribution in [0.25, 0.3) is 4.85 Å². The minimum atomic E-state index is -1.35. The van der Waals surface area contributed by atoms with Crippen LogP contribution in [0.2, 0.25) is 5.02 Å². The lowest BCUT2D eigenvalue weighted by molar-refractivity contribution is -0.136. The number of nitrogens with zero attached hydrogens (tertiary/aromatic N) is 2. The number of carbonyl (C=O) groups excluding carboxylic acids is 1. The van der Waals surface area contributed by atoms with E-state index in [2.05, 4.69) is 9.74 Å². The number of aliphatic hydroxyl groups is 1. The third-order valence-electron chi connectivity index (χ3n) is 3.83. The average molecular weight is 307 g/mol. The van der Waals surface area contributed by atoms with E-state index < -0.39 is 5.60 Å². The zero-order valence-corrected chi connectivity index (χ0v) is 12.9. The van der Waals surface area contributed by atoms with Gasteiger partial charge in [-0.25, -0.2) is 4.85 Å². The number of hydrogen-bond donors (Lipinski definition) is 1. The fourth-order valence-corrected chi connectivity index (χ4v) is 2.84. The zero-order chi connectivity index (χ0) is 15.5. The largest absolute Gasteiger partial charge is 0.381 e. The maximum absolute atomic E-state index is 12.3. The van der Waals surface area contributed by atoms with E-state index in [-0.39, 0.29) is 12.2 Å². The van der Waals surface area contributed by atoms with Crippen molar-refractivity contribution in [3.8, 4) is 0 Å². The summed E-state index contributed by atoms with van der Waals surface area (Å²) in [6.07, 6.45) is 2.37. The molecule has 0 amide bonds. The Morgan fingerprint density at radius 1 is 1.48 bits per heavy atom. The van der Waals surface area contributed by atoms with Gasteiger partial charge in [-0.05, 0) is 38.4 Å². The predicted molar refractivity (Wildman–Crippen MR) is 82.7 cm³/mol. The Morgan fingerprint density at radius 3 is 2.71 bits per heavy atom. The number of rotatable bonds is 5. The van der Waals surface area contributed by atoms with Crippen LogP contribution in [0.5, 0.6) is 0 Å². The van der Waals surface area contributed by atoms with Crippen LogP contribution in [0.4, 0.5) is 5.69 Å².